The first-order valence-electron chi connectivity index (χ1n) is 8.26. The Kier molecular flexibility index (Phi) is 6.28. The van der Waals surface area contributed by atoms with Crippen molar-refractivity contribution in [2.45, 2.75) is 19.9 Å². The van der Waals surface area contributed by atoms with E-state index in [4.69, 9.17) is 4.74 Å². The molecule has 1 aromatic carbocycles. The summed E-state index contributed by atoms with van der Waals surface area (Å²) in [6, 6.07) is 6.59. The molecule has 0 aromatic heterocycles. The molecule has 1 fully saturated rings. The number of nitrogens with zero attached hydrogens (tertiary/aromatic N) is 3. The minimum absolute atomic E-state index is 0.611. The highest BCUT2D eigenvalue weighted by Gasteiger charge is 2.24. The Bertz CT molecular complexity index is 542. The van der Waals surface area contributed by atoms with Crippen LogP contribution in [0.4, 0.5) is 5.69 Å². The molecule has 5 nitrogen and oxygen atoms in total. The number of ether oxygens (including phenoxy) is 1. The third-order valence-corrected chi connectivity index (χ3v) is 4.48. The second kappa shape index (κ2) is 8.20. The molecule has 0 spiro atoms. The minimum Gasteiger partial charge on any atom is -0.384 e. The number of aryl methyl sites for hydroxylation is 1. The van der Waals surface area contributed by atoms with Crippen LogP contribution in [0.2, 0.25) is 0 Å². The fraction of sp³-hybridized carbons (Fsp3) is 0.611. The van der Waals surface area contributed by atoms with E-state index in [1.54, 1.807) is 7.11 Å². The van der Waals surface area contributed by atoms with E-state index in [1.165, 1.54) is 23.2 Å². The van der Waals surface area contributed by atoms with Crippen molar-refractivity contribution in [3.05, 3.63) is 29.3 Å². The van der Waals surface area contributed by atoms with Gasteiger partial charge in [-0.3, -0.25) is 4.99 Å². The van der Waals surface area contributed by atoms with Crippen LogP contribution in [-0.4, -0.2) is 58.8 Å². The molecule has 2 rings (SSSR count). The molecule has 1 atom stereocenters. The van der Waals surface area contributed by atoms with Gasteiger partial charge in [0.15, 0.2) is 5.96 Å². The maximum atomic E-state index is 5.27. The normalized spacial score (nSPS) is 18.4. The third kappa shape index (κ3) is 4.61. The van der Waals surface area contributed by atoms with Crippen molar-refractivity contribution in [3.63, 3.8) is 0 Å². The predicted octanol–water partition coefficient (Wildman–Crippen LogP) is 2.10. The number of guanidine groups is 1. The lowest BCUT2D eigenvalue weighted by Gasteiger charge is -2.22. The summed E-state index contributed by atoms with van der Waals surface area (Å²) >= 11 is 0. The number of methoxy groups -OCH3 is 1. The Morgan fingerprint density at radius 1 is 1.43 bits per heavy atom. The molecule has 0 amide bonds. The van der Waals surface area contributed by atoms with Crippen LogP contribution in [0.15, 0.2) is 23.2 Å². The van der Waals surface area contributed by atoms with Crippen LogP contribution in [0.3, 0.4) is 0 Å². The summed E-state index contributed by atoms with van der Waals surface area (Å²) in [4.78, 5) is 8.89. The lowest BCUT2D eigenvalue weighted by atomic mass is 10.1. The molecule has 5 heteroatoms. The molecule has 1 aromatic rings. The highest BCUT2D eigenvalue weighted by molar-refractivity contribution is 5.80. The largest absolute Gasteiger partial charge is 0.384 e. The Morgan fingerprint density at radius 2 is 2.22 bits per heavy atom. The van der Waals surface area contributed by atoms with Crippen molar-refractivity contribution in [3.8, 4) is 0 Å². The minimum atomic E-state index is 0.611. The van der Waals surface area contributed by atoms with Crippen LogP contribution in [0.5, 0.6) is 0 Å². The molecule has 23 heavy (non-hydrogen) atoms. The fourth-order valence-corrected chi connectivity index (χ4v) is 3.06. The van der Waals surface area contributed by atoms with Crippen molar-refractivity contribution in [2.75, 3.05) is 52.8 Å². The van der Waals surface area contributed by atoms with Crippen LogP contribution in [0.25, 0.3) is 0 Å². The van der Waals surface area contributed by atoms with E-state index in [0.717, 1.165) is 32.2 Å². The van der Waals surface area contributed by atoms with Crippen LogP contribution < -0.4 is 10.2 Å². The first-order valence-corrected chi connectivity index (χ1v) is 8.26. The van der Waals surface area contributed by atoms with Crippen molar-refractivity contribution < 1.29 is 4.74 Å². The van der Waals surface area contributed by atoms with Crippen LogP contribution in [0.1, 0.15) is 17.5 Å². The van der Waals surface area contributed by atoms with Gasteiger partial charge in [0.1, 0.15) is 0 Å². The molecule has 1 saturated heterocycles. The van der Waals surface area contributed by atoms with Crippen molar-refractivity contribution >= 4 is 11.6 Å². The van der Waals surface area contributed by atoms with E-state index >= 15 is 0 Å². The third-order valence-electron chi connectivity index (χ3n) is 4.48. The van der Waals surface area contributed by atoms with Crippen LogP contribution in [0, 0.1) is 12.8 Å². The van der Waals surface area contributed by atoms with E-state index < -0.39 is 0 Å². The van der Waals surface area contributed by atoms with Gasteiger partial charge in [-0.2, -0.15) is 0 Å². The zero-order chi connectivity index (χ0) is 16.8. The van der Waals surface area contributed by atoms with Gasteiger partial charge in [0.2, 0.25) is 0 Å². The molecule has 0 radical (unpaired) electrons. The number of nitrogens with one attached hydrogen (secondary N) is 1. The highest BCUT2D eigenvalue weighted by atomic mass is 16.5. The molecule has 1 aliphatic rings. The van der Waals surface area contributed by atoms with E-state index in [1.807, 2.05) is 7.05 Å². The monoisotopic (exact) mass is 318 g/mol. The van der Waals surface area contributed by atoms with Gasteiger partial charge in [0.05, 0.1) is 6.61 Å². The maximum Gasteiger partial charge on any atom is 0.193 e. The summed E-state index contributed by atoms with van der Waals surface area (Å²) in [6.45, 7) is 5.87. The average Bonchev–Trinajstić information content (AvgIpc) is 2.98. The Hall–Kier alpha value is -1.75. The van der Waals surface area contributed by atoms with Gasteiger partial charge in [-0.15, -0.1) is 0 Å². The number of hydrogen-bond acceptors (Lipinski definition) is 3. The molecule has 1 heterocycles. The highest BCUT2D eigenvalue weighted by Crippen LogP contribution is 2.18. The molecule has 0 aliphatic carbocycles. The number of anilines is 1. The van der Waals surface area contributed by atoms with Gasteiger partial charge in [-0.25, -0.2) is 0 Å². The lowest BCUT2D eigenvalue weighted by molar-refractivity contribution is 0.157. The van der Waals surface area contributed by atoms with Crippen molar-refractivity contribution in [1.29, 1.82) is 0 Å². The molecule has 128 valence electrons. The standard InChI is InChI=1S/C18H30N4O/c1-14-10-17(21(3)4)7-6-16(14)11-20-18(19-2)22-9-8-15(12-22)13-23-5/h6-7,10,15H,8-9,11-13H2,1-5H3,(H,19,20). The van der Waals surface area contributed by atoms with Gasteiger partial charge in [0.25, 0.3) is 0 Å². The summed E-state index contributed by atoms with van der Waals surface area (Å²) in [6.07, 6.45) is 1.17. The Morgan fingerprint density at radius 3 is 2.83 bits per heavy atom. The summed E-state index contributed by atoms with van der Waals surface area (Å²) < 4.78 is 5.27. The second-order valence-corrected chi connectivity index (χ2v) is 6.46. The predicted molar refractivity (Wildman–Crippen MR) is 97.3 cm³/mol. The number of aliphatic imine (C=N–C) groups is 1. The SMILES string of the molecule is CN=C(NCc1ccc(N(C)C)cc1C)N1CCC(COC)C1. The maximum absolute atomic E-state index is 5.27. The number of hydrogen-bond donors (Lipinski definition) is 1. The van der Waals surface area contributed by atoms with E-state index in [9.17, 15) is 0 Å². The summed E-state index contributed by atoms with van der Waals surface area (Å²) in [7, 11) is 7.76. The average molecular weight is 318 g/mol. The zero-order valence-corrected chi connectivity index (χ0v) is 15.1. The summed E-state index contributed by atoms with van der Waals surface area (Å²) in [5, 5.41) is 3.50. The van der Waals surface area contributed by atoms with Gasteiger partial charge >= 0.3 is 0 Å². The van der Waals surface area contributed by atoms with Gasteiger partial charge in [0, 0.05) is 59.5 Å². The molecule has 1 unspecified atom stereocenters. The van der Waals surface area contributed by atoms with Crippen molar-refractivity contribution in [2.24, 2.45) is 10.9 Å². The van der Waals surface area contributed by atoms with Crippen molar-refractivity contribution in [1.82, 2.24) is 10.2 Å². The molecule has 0 saturated carbocycles. The molecular weight excluding hydrogens is 288 g/mol. The quantitative estimate of drug-likeness (QED) is 0.667. The molecule has 0 bridgehead atoms. The second-order valence-electron chi connectivity index (χ2n) is 6.46. The number of rotatable bonds is 5. The van der Waals surface area contributed by atoms with E-state index in [2.05, 4.69) is 59.3 Å². The van der Waals surface area contributed by atoms with Crippen LogP contribution >= 0.6 is 0 Å². The Balaban J connectivity index is 1.94. The van der Waals surface area contributed by atoms with Gasteiger partial charge in [-0.05, 0) is 36.6 Å². The number of benzene rings is 1. The van der Waals surface area contributed by atoms with Crippen LogP contribution in [-0.2, 0) is 11.3 Å². The first-order chi connectivity index (χ1) is 11.0. The first kappa shape index (κ1) is 17.6. The molecular formula is C18H30N4O. The van der Waals surface area contributed by atoms with Gasteiger partial charge < -0.3 is 19.9 Å². The molecule has 1 N–H and O–H groups in total. The summed E-state index contributed by atoms with van der Waals surface area (Å²) in [5.41, 5.74) is 3.85. The lowest BCUT2D eigenvalue weighted by Crippen LogP contribution is -2.40. The number of likely N-dealkylation sites (tertiary alicyclic amines) is 1. The fourth-order valence-electron chi connectivity index (χ4n) is 3.06. The zero-order valence-electron chi connectivity index (χ0n) is 15.1. The van der Waals surface area contributed by atoms with E-state index in [0.29, 0.717) is 5.92 Å². The Labute approximate surface area is 140 Å². The molecule has 1 aliphatic heterocycles. The van der Waals surface area contributed by atoms with Gasteiger partial charge in [-0.1, -0.05) is 6.07 Å². The topological polar surface area (TPSA) is 40.1 Å². The van der Waals surface area contributed by atoms with E-state index in [-0.39, 0.29) is 0 Å². The summed E-state index contributed by atoms with van der Waals surface area (Å²) in [5.74, 6) is 1.60. The smallest absolute Gasteiger partial charge is 0.193 e.